The molecule has 3 heteroatoms. The summed E-state index contributed by atoms with van der Waals surface area (Å²) >= 11 is 6.21. The Morgan fingerprint density at radius 2 is 1.88 bits per heavy atom. The van der Waals surface area contributed by atoms with E-state index in [-0.39, 0.29) is 11.4 Å². The van der Waals surface area contributed by atoms with Crippen LogP contribution in [-0.4, -0.2) is 11.4 Å². The Kier molecular flexibility index (Phi) is 4.21. The van der Waals surface area contributed by atoms with Crippen molar-refractivity contribution in [3.63, 3.8) is 0 Å². The topological polar surface area (TPSA) is 29.1 Å². The van der Waals surface area contributed by atoms with E-state index >= 15 is 0 Å². The largest absolute Gasteiger partial charge is 0.350 e. The molecule has 0 aromatic heterocycles. The first-order valence-corrected chi connectivity index (χ1v) is 6.17. The first-order valence-electron chi connectivity index (χ1n) is 5.74. The van der Waals surface area contributed by atoms with Gasteiger partial charge in [0.15, 0.2) is 0 Å². The summed E-state index contributed by atoms with van der Waals surface area (Å²) in [5.74, 6) is -0.147. The number of aryl methyl sites for hydroxylation is 2. The first-order chi connectivity index (χ1) is 7.70. The molecule has 0 saturated carbocycles. The molecule has 94 valence electrons. The molecule has 1 aromatic rings. The van der Waals surface area contributed by atoms with Crippen LogP contribution in [0.4, 0.5) is 0 Å². The Labute approximate surface area is 108 Å². The highest BCUT2D eigenvalue weighted by Gasteiger charge is 2.23. The van der Waals surface area contributed by atoms with Crippen molar-refractivity contribution in [2.24, 2.45) is 0 Å². The molecule has 0 radical (unpaired) electrons. The number of carbonyl (C=O) groups is 1. The predicted octanol–water partition coefficient (Wildman–Crippen LogP) is 3.50. The molecule has 0 aliphatic heterocycles. The standard InChI is InChI=1S/C14H20ClNO/c1-9-6-7-11(10(2)8-9)12(15)13(17)16-14(3,4)5/h6-8,12H,1-5H3,(H,16,17). The number of nitrogens with one attached hydrogen (secondary N) is 1. The fraction of sp³-hybridized carbons (Fsp3) is 0.500. The molecule has 2 nitrogen and oxygen atoms in total. The summed E-state index contributed by atoms with van der Waals surface area (Å²) in [5, 5.41) is 2.26. The van der Waals surface area contributed by atoms with E-state index in [1.165, 1.54) is 5.56 Å². The van der Waals surface area contributed by atoms with Crippen molar-refractivity contribution >= 4 is 17.5 Å². The van der Waals surface area contributed by atoms with Gasteiger partial charge in [-0.2, -0.15) is 0 Å². The fourth-order valence-electron chi connectivity index (χ4n) is 1.68. The molecule has 0 heterocycles. The van der Waals surface area contributed by atoms with Crippen molar-refractivity contribution < 1.29 is 4.79 Å². The second kappa shape index (κ2) is 5.09. The maximum atomic E-state index is 12.0. The van der Waals surface area contributed by atoms with Gasteiger partial charge in [-0.25, -0.2) is 0 Å². The quantitative estimate of drug-likeness (QED) is 0.803. The van der Waals surface area contributed by atoms with E-state index in [4.69, 9.17) is 11.6 Å². The van der Waals surface area contributed by atoms with Gasteiger partial charge >= 0.3 is 0 Å². The summed E-state index contributed by atoms with van der Waals surface area (Å²) in [6.45, 7) is 9.82. The summed E-state index contributed by atoms with van der Waals surface area (Å²) in [6.07, 6.45) is 0. The van der Waals surface area contributed by atoms with Gasteiger partial charge in [-0.1, -0.05) is 23.8 Å². The Hall–Kier alpha value is -1.02. The number of rotatable bonds is 2. The highest BCUT2D eigenvalue weighted by molar-refractivity contribution is 6.30. The predicted molar refractivity (Wildman–Crippen MR) is 72.4 cm³/mol. The van der Waals surface area contributed by atoms with Gasteiger partial charge in [0.1, 0.15) is 5.38 Å². The lowest BCUT2D eigenvalue weighted by atomic mass is 10.0. The molecule has 1 atom stereocenters. The third-order valence-electron chi connectivity index (χ3n) is 2.43. The van der Waals surface area contributed by atoms with Gasteiger partial charge in [0.2, 0.25) is 5.91 Å². The van der Waals surface area contributed by atoms with Crippen molar-refractivity contribution in [2.45, 2.75) is 45.5 Å². The van der Waals surface area contributed by atoms with E-state index in [0.29, 0.717) is 0 Å². The fourth-order valence-corrected chi connectivity index (χ4v) is 1.98. The lowest BCUT2D eigenvalue weighted by molar-refractivity contribution is -0.122. The second-order valence-corrected chi connectivity index (χ2v) is 5.90. The number of halogens is 1. The van der Waals surface area contributed by atoms with Crippen LogP contribution in [0.1, 0.15) is 42.8 Å². The highest BCUT2D eigenvalue weighted by Crippen LogP contribution is 2.25. The Morgan fingerprint density at radius 3 is 2.35 bits per heavy atom. The van der Waals surface area contributed by atoms with E-state index < -0.39 is 5.38 Å². The molecule has 1 unspecified atom stereocenters. The molecule has 1 N–H and O–H groups in total. The molecule has 1 rings (SSSR count). The van der Waals surface area contributed by atoms with Crippen LogP contribution in [0, 0.1) is 13.8 Å². The average molecular weight is 254 g/mol. The highest BCUT2D eigenvalue weighted by atomic mass is 35.5. The lowest BCUT2D eigenvalue weighted by Gasteiger charge is -2.23. The second-order valence-electron chi connectivity index (χ2n) is 5.46. The monoisotopic (exact) mass is 253 g/mol. The summed E-state index contributed by atoms with van der Waals surface area (Å²) in [6, 6.07) is 5.93. The minimum atomic E-state index is -0.630. The number of amides is 1. The van der Waals surface area contributed by atoms with E-state index in [0.717, 1.165) is 11.1 Å². The SMILES string of the molecule is Cc1ccc(C(Cl)C(=O)NC(C)(C)C)c(C)c1. The van der Waals surface area contributed by atoms with Crippen LogP contribution in [-0.2, 0) is 4.79 Å². The third kappa shape index (κ3) is 4.04. The van der Waals surface area contributed by atoms with Crippen molar-refractivity contribution in [1.82, 2.24) is 5.32 Å². The average Bonchev–Trinajstić information content (AvgIpc) is 2.14. The molecule has 1 amide bonds. The normalized spacial score (nSPS) is 13.3. The van der Waals surface area contributed by atoms with E-state index in [2.05, 4.69) is 5.32 Å². The first kappa shape index (κ1) is 14.0. The molecule has 1 aromatic carbocycles. The molecule has 0 aliphatic rings. The summed E-state index contributed by atoms with van der Waals surface area (Å²) < 4.78 is 0. The Morgan fingerprint density at radius 1 is 1.29 bits per heavy atom. The number of carbonyl (C=O) groups excluding carboxylic acids is 1. The Bertz CT molecular complexity index is 421. The van der Waals surface area contributed by atoms with Gasteiger partial charge in [0.05, 0.1) is 0 Å². The molecule has 0 aliphatic carbocycles. The van der Waals surface area contributed by atoms with Gasteiger partial charge in [0, 0.05) is 5.54 Å². The van der Waals surface area contributed by atoms with Crippen LogP contribution in [0.3, 0.4) is 0 Å². The molecular weight excluding hydrogens is 234 g/mol. The van der Waals surface area contributed by atoms with Crippen LogP contribution in [0.25, 0.3) is 0 Å². The van der Waals surface area contributed by atoms with Gasteiger partial charge in [-0.15, -0.1) is 11.6 Å². The number of benzene rings is 1. The summed E-state index contributed by atoms with van der Waals surface area (Å²) in [7, 11) is 0. The van der Waals surface area contributed by atoms with Crippen LogP contribution in [0.2, 0.25) is 0 Å². The van der Waals surface area contributed by atoms with Crippen molar-refractivity contribution in [2.75, 3.05) is 0 Å². The van der Waals surface area contributed by atoms with Crippen LogP contribution >= 0.6 is 11.6 Å². The van der Waals surface area contributed by atoms with Gasteiger partial charge in [-0.3, -0.25) is 4.79 Å². The van der Waals surface area contributed by atoms with Gasteiger partial charge < -0.3 is 5.32 Å². The van der Waals surface area contributed by atoms with Crippen LogP contribution in [0.5, 0.6) is 0 Å². The molecule has 17 heavy (non-hydrogen) atoms. The van der Waals surface area contributed by atoms with Gasteiger partial charge in [-0.05, 0) is 45.7 Å². The molecule has 0 saturated heterocycles. The van der Waals surface area contributed by atoms with Crippen molar-refractivity contribution in [3.05, 3.63) is 34.9 Å². The van der Waals surface area contributed by atoms with E-state index in [1.807, 2.05) is 52.8 Å². The summed E-state index contributed by atoms with van der Waals surface area (Å²) in [4.78, 5) is 12.0. The van der Waals surface area contributed by atoms with Gasteiger partial charge in [0.25, 0.3) is 0 Å². The minimum absolute atomic E-state index is 0.147. The molecule has 0 fully saturated rings. The molecular formula is C14H20ClNO. The maximum Gasteiger partial charge on any atom is 0.243 e. The maximum absolute atomic E-state index is 12.0. The van der Waals surface area contributed by atoms with Crippen LogP contribution in [0.15, 0.2) is 18.2 Å². The lowest BCUT2D eigenvalue weighted by Crippen LogP contribution is -2.42. The smallest absolute Gasteiger partial charge is 0.243 e. The zero-order valence-corrected chi connectivity index (χ0v) is 11.9. The van der Waals surface area contributed by atoms with Crippen LogP contribution < -0.4 is 5.32 Å². The zero-order valence-electron chi connectivity index (χ0n) is 11.1. The van der Waals surface area contributed by atoms with Crippen molar-refractivity contribution in [1.29, 1.82) is 0 Å². The summed E-state index contributed by atoms with van der Waals surface area (Å²) in [5.41, 5.74) is 2.84. The Balaban J connectivity index is 2.89. The number of alkyl halides is 1. The van der Waals surface area contributed by atoms with E-state index in [1.54, 1.807) is 0 Å². The zero-order chi connectivity index (χ0) is 13.2. The van der Waals surface area contributed by atoms with Crippen molar-refractivity contribution in [3.8, 4) is 0 Å². The molecule has 0 spiro atoms. The third-order valence-corrected chi connectivity index (χ3v) is 2.86. The molecule has 0 bridgehead atoms. The number of hydrogen-bond acceptors (Lipinski definition) is 1. The van der Waals surface area contributed by atoms with E-state index in [9.17, 15) is 4.79 Å². The minimum Gasteiger partial charge on any atom is -0.350 e. The number of hydrogen-bond donors (Lipinski definition) is 1.